The maximum absolute atomic E-state index is 11.1. The van der Waals surface area contributed by atoms with Gasteiger partial charge in [0.1, 0.15) is 0 Å². The summed E-state index contributed by atoms with van der Waals surface area (Å²) in [5, 5.41) is 0.837. The Morgan fingerprint density at radius 1 is 0.457 bits per heavy atom. The Hall–Kier alpha value is -0.410. The average molecular weight is 578 g/mol. The Kier molecular flexibility index (Phi) is 31.2. The van der Waals surface area contributed by atoms with Crippen LogP contribution >= 0.6 is 15.9 Å². The molecule has 0 spiro atoms. The summed E-state index contributed by atoms with van der Waals surface area (Å²) in [7, 11) is 0. The lowest BCUT2D eigenvalue weighted by molar-refractivity contribution is -0.144. The van der Waals surface area contributed by atoms with Crippen molar-refractivity contribution in [2.75, 3.05) is 131 Å². The highest BCUT2D eigenvalue weighted by Gasteiger charge is 2.00. The molecule has 0 N–H and O–H groups in total. The van der Waals surface area contributed by atoms with Crippen molar-refractivity contribution in [3.8, 4) is 0 Å². The van der Waals surface area contributed by atoms with Gasteiger partial charge in [0.05, 0.1) is 132 Å². The highest BCUT2D eigenvalue weighted by molar-refractivity contribution is 9.09. The highest BCUT2D eigenvalue weighted by atomic mass is 79.9. The van der Waals surface area contributed by atoms with Gasteiger partial charge in [-0.3, -0.25) is 4.79 Å². The summed E-state index contributed by atoms with van der Waals surface area (Å²) in [4.78, 5) is 11.1. The molecule has 0 saturated heterocycles. The second kappa shape index (κ2) is 31.6. The molecule has 0 fully saturated rings. The van der Waals surface area contributed by atoms with E-state index in [0.717, 1.165) is 5.33 Å². The largest absolute Gasteiger partial charge is 0.466 e. The topological polar surface area (TPSA) is 109 Å². The lowest BCUT2D eigenvalue weighted by Crippen LogP contribution is -2.15. The van der Waals surface area contributed by atoms with Crippen LogP contribution in [0.5, 0.6) is 0 Å². The number of rotatable bonds is 30. The van der Waals surface area contributed by atoms with E-state index in [-0.39, 0.29) is 12.4 Å². The molecule has 0 bridgehead atoms. The maximum Gasteiger partial charge on any atom is 0.308 e. The van der Waals surface area contributed by atoms with Crippen molar-refractivity contribution >= 4 is 21.9 Å². The van der Waals surface area contributed by atoms with Gasteiger partial charge >= 0.3 is 5.97 Å². The first-order valence-corrected chi connectivity index (χ1v) is 13.3. The van der Waals surface area contributed by atoms with E-state index in [2.05, 4.69) is 15.9 Å². The fraction of sp³-hybridized carbons (Fsp3) is 0.957. The first-order chi connectivity index (χ1) is 17.3. The fourth-order valence-electron chi connectivity index (χ4n) is 2.30. The summed E-state index contributed by atoms with van der Waals surface area (Å²) in [5.74, 6) is -0.247. The number of ether oxygens (including phenoxy) is 10. The first kappa shape index (κ1) is 34.6. The van der Waals surface area contributed by atoms with Crippen molar-refractivity contribution in [1.29, 1.82) is 0 Å². The summed E-state index contributed by atoms with van der Waals surface area (Å²) in [5.41, 5.74) is 0. The molecule has 0 aromatic rings. The zero-order valence-corrected chi connectivity index (χ0v) is 22.8. The molecule has 0 aliphatic rings. The number of carbonyl (C=O) groups excluding carboxylic acids is 1. The van der Waals surface area contributed by atoms with Crippen molar-refractivity contribution in [3.63, 3.8) is 0 Å². The minimum atomic E-state index is -0.247. The SMILES string of the molecule is CCOC(=O)CCOCCOCCOCCOCCOCCOCCOCCOCCOCCBr. The molecule has 12 heteroatoms. The van der Waals surface area contributed by atoms with Gasteiger partial charge < -0.3 is 47.4 Å². The van der Waals surface area contributed by atoms with Crippen molar-refractivity contribution in [2.24, 2.45) is 0 Å². The quantitative estimate of drug-likeness (QED) is 0.0704. The van der Waals surface area contributed by atoms with Gasteiger partial charge in [-0.1, -0.05) is 15.9 Å². The van der Waals surface area contributed by atoms with Gasteiger partial charge in [0, 0.05) is 5.33 Å². The van der Waals surface area contributed by atoms with Gasteiger partial charge in [0.25, 0.3) is 0 Å². The monoisotopic (exact) mass is 576 g/mol. The molecule has 0 unspecified atom stereocenters. The summed E-state index contributed by atoms with van der Waals surface area (Å²) in [6, 6.07) is 0. The van der Waals surface area contributed by atoms with Crippen LogP contribution in [0.3, 0.4) is 0 Å². The predicted molar refractivity (Wildman–Crippen MR) is 132 cm³/mol. The molecular weight excluding hydrogens is 532 g/mol. The summed E-state index contributed by atoms with van der Waals surface area (Å²) in [6.07, 6.45) is 0.261. The molecule has 0 aliphatic carbocycles. The normalized spacial score (nSPS) is 11.3. The second-order valence-electron chi connectivity index (χ2n) is 6.76. The molecule has 210 valence electrons. The Bertz CT molecular complexity index is 419. The lowest BCUT2D eigenvalue weighted by Gasteiger charge is -2.08. The van der Waals surface area contributed by atoms with Gasteiger partial charge in [0.15, 0.2) is 0 Å². The summed E-state index contributed by atoms with van der Waals surface area (Å²) < 4.78 is 53.2. The second-order valence-corrected chi connectivity index (χ2v) is 7.55. The van der Waals surface area contributed by atoms with E-state index in [1.54, 1.807) is 6.92 Å². The van der Waals surface area contributed by atoms with E-state index < -0.39 is 0 Å². The summed E-state index contributed by atoms with van der Waals surface area (Å²) >= 11 is 3.29. The van der Waals surface area contributed by atoms with E-state index in [9.17, 15) is 4.79 Å². The molecule has 0 heterocycles. The number of halogens is 1. The van der Waals surface area contributed by atoms with Crippen LogP contribution in [-0.2, 0) is 52.2 Å². The van der Waals surface area contributed by atoms with Crippen molar-refractivity contribution in [3.05, 3.63) is 0 Å². The predicted octanol–water partition coefficient (Wildman–Crippen LogP) is 1.48. The van der Waals surface area contributed by atoms with E-state index in [1.807, 2.05) is 0 Å². The van der Waals surface area contributed by atoms with Gasteiger partial charge in [-0.25, -0.2) is 0 Å². The minimum absolute atomic E-state index is 0.247. The number of hydrogen-bond acceptors (Lipinski definition) is 11. The van der Waals surface area contributed by atoms with Crippen LogP contribution in [0.4, 0.5) is 0 Å². The van der Waals surface area contributed by atoms with Gasteiger partial charge in [-0.05, 0) is 6.92 Å². The Labute approximate surface area is 218 Å². The summed E-state index contributed by atoms with van der Waals surface area (Å²) in [6.45, 7) is 11.4. The molecule has 0 amide bonds. The van der Waals surface area contributed by atoms with E-state index >= 15 is 0 Å². The third-order valence-corrected chi connectivity index (χ3v) is 4.28. The Balaban J connectivity index is 3.04. The molecule has 0 aromatic carbocycles. The number of esters is 1. The molecule has 0 atom stereocenters. The molecule has 0 radical (unpaired) electrons. The first-order valence-electron chi connectivity index (χ1n) is 12.2. The van der Waals surface area contributed by atoms with Crippen LogP contribution in [-0.4, -0.2) is 137 Å². The van der Waals surface area contributed by atoms with Crippen molar-refractivity contribution in [1.82, 2.24) is 0 Å². The molecule has 11 nitrogen and oxygen atoms in total. The third kappa shape index (κ3) is 31.6. The van der Waals surface area contributed by atoms with Gasteiger partial charge in [-0.15, -0.1) is 0 Å². The van der Waals surface area contributed by atoms with Crippen molar-refractivity contribution in [2.45, 2.75) is 13.3 Å². The van der Waals surface area contributed by atoms with Crippen LogP contribution in [0, 0.1) is 0 Å². The zero-order chi connectivity index (χ0) is 25.5. The molecular formula is C23H45BrO11. The standard InChI is InChI=1S/C23H45BrO11/c1-2-35-23(25)3-5-26-7-9-28-11-13-30-15-17-32-19-21-34-22-20-33-18-16-31-14-12-29-10-8-27-6-4-24/h2-22H2,1H3. The highest BCUT2D eigenvalue weighted by Crippen LogP contribution is 1.89. The van der Waals surface area contributed by atoms with Crippen LogP contribution < -0.4 is 0 Å². The Morgan fingerprint density at radius 3 is 0.971 bits per heavy atom. The lowest BCUT2D eigenvalue weighted by atomic mass is 10.5. The minimum Gasteiger partial charge on any atom is -0.466 e. The fourth-order valence-corrected chi connectivity index (χ4v) is 2.53. The zero-order valence-electron chi connectivity index (χ0n) is 21.2. The Morgan fingerprint density at radius 2 is 0.714 bits per heavy atom. The number of carbonyl (C=O) groups is 1. The smallest absolute Gasteiger partial charge is 0.308 e. The van der Waals surface area contributed by atoms with Crippen LogP contribution in [0.15, 0.2) is 0 Å². The van der Waals surface area contributed by atoms with Crippen LogP contribution in [0.1, 0.15) is 13.3 Å². The maximum atomic E-state index is 11.1. The van der Waals surface area contributed by atoms with Crippen molar-refractivity contribution < 1.29 is 52.2 Å². The van der Waals surface area contributed by atoms with E-state index in [0.29, 0.717) is 126 Å². The third-order valence-electron chi connectivity index (χ3n) is 3.95. The molecule has 0 rings (SSSR count). The average Bonchev–Trinajstić information content (AvgIpc) is 2.86. The van der Waals surface area contributed by atoms with Gasteiger partial charge in [0.2, 0.25) is 0 Å². The molecule has 0 saturated carbocycles. The van der Waals surface area contributed by atoms with Gasteiger partial charge in [-0.2, -0.15) is 0 Å². The molecule has 35 heavy (non-hydrogen) atoms. The molecule has 0 aromatic heterocycles. The van der Waals surface area contributed by atoms with Crippen LogP contribution in [0.25, 0.3) is 0 Å². The van der Waals surface area contributed by atoms with E-state index in [4.69, 9.17) is 47.4 Å². The number of alkyl halides is 1. The number of hydrogen-bond donors (Lipinski definition) is 0. The van der Waals surface area contributed by atoms with E-state index in [1.165, 1.54) is 0 Å². The van der Waals surface area contributed by atoms with Crippen LogP contribution in [0.2, 0.25) is 0 Å². The molecule has 0 aliphatic heterocycles.